The van der Waals surface area contributed by atoms with Crippen molar-refractivity contribution in [1.82, 2.24) is 4.90 Å². The highest BCUT2D eigenvalue weighted by molar-refractivity contribution is 5.99. The highest BCUT2D eigenvalue weighted by Gasteiger charge is 2.23. The van der Waals surface area contributed by atoms with Gasteiger partial charge in [0.15, 0.2) is 0 Å². The third kappa shape index (κ3) is 3.28. The second kappa shape index (κ2) is 6.70. The van der Waals surface area contributed by atoms with Gasteiger partial charge in [-0.1, -0.05) is 6.07 Å². The van der Waals surface area contributed by atoms with Crippen LogP contribution in [0.4, 0.5) is 10.1 Å². The van der Waals surface area contributed by atoms with E-state index >= 15 is 0 Å². The number of likely N-dealkylation sites (N-methyl/N-ethyl adjacent to an activating group) is 1. The Morgan fingerprint density at radius 1 is 1.55 bits per heavy atom. The number of benzene rings is 1. The molecule has 1 amide bonds. The summed E-state index contributed by atoms with van der Waals surface area (Å²) in [6, 6.07) is 4.56. The van der Waals surface area contributed by atoms with Crippen LogP contribution in [0.15, 0.2) is 18.2 Å². The van der Waals surface area contributed by atoms with Gasteiger partial charge >= 0.3 is 0 Å². The summed E-state index contributed by atoms with van der Waals surface area (Å²) in [5.74, 6) is -0.584. The minimum Gasteiger partial charge on any atom is -0.382 e. The molecule has 5 heteroatoms. The van der Waals surface area contributed by atoms with Gasteiger partial charge in [-0.3, -0.25) is 4.79 Å². The van der Waals surface area contributed by atoms with Crippen LogP contribution in [0.5, 0.6) is 0 Å². The van der Waals surface area contributed by atoms with Crippen molar-refractivity contribution in [2.45, 2.75) is 25.9 Å². The minimum atomic E-state index is -0.400. The average Bonchev–Trinajstić information content (AvgIpc) is 2.93. The molecule has 0 bridgehead atoms. The third-order valence-electron chi connectivity index (χ3n) is 3.45. The normalized spacial score (nSPS) is 18.1. The van der Waals surface area contributed by atoms with Crippen molar-refractivity contribution in [3.05, 3.63) is 29.6 Å². The van der Waals surface area contributed by atoms with Crippen LogP contribution in [0.3, 0.4) is 0 Å². The molecule has 0 saturated carbocycles. The number of hydrogen-bond acceptors (Lipinski definition) is 3. The Bertz CT molecular complexity index is 473. The van der Waals surface area contributed by atoms with Crippen LogP contribution in [-0.4, -0.2) is 43.7 Å². The highest BCUT2D eigenvalue weighted by Crippen LogP contribution is 2.22. The lowest BCUT2D eigenvalue weighted by molar-refractivity contribution is 0.0587. The molecule has 2 rings (SSSR count). The van der Waals surface area contributed by atoms with E-state index in [9.17, 15) is 9.18 Å². The zero-order chi connectivity index (χ0) is 14.5. The van der Waals surface area contributed by atoms with E-state index in [1.54, 1.807) is 24.1 Å². The number of rotatable bonds is 5. The third-order valence-corrected chi connectivity index (χ3v) is 3.45. The maximum Gasteiger partial charge on any atom is 0.255 e. The molecule has 0 aromatic heterocycles. The van der Waals surface area contributed by atoms with E-state index in [0.717, 1.165) is 19.4 Å². The van der Waals surface area contributed by atoms with Gasteiger partial charge in [0, 0.05) is 26.7 Å². The molecule has 1 unspecified atom stereocenters. The zero-order valence-corrected chi connectivity index (χ0v) is 12.0. The van der Waals surface area contributed by atoms with Gasteiger partial charge in [0.2, 0.25) is 0 Å². The van der Waals surface area contributed by atoms with Crippen molar-refractivity contribution >= 4 is 11.6 Å². The first-order chi connectivity index (χ1) is 9.63. The predicted molar refractivity (Wildman–Crippen MR) is 76.5 cm³/mol. The monoisotopic (exact) mass is 280 g/mol. The lowest BCUT2D eigenvalue weighted by atomic mass is 10.1. The van der Waals surface area contributed by atoms with Crippen LogP contribution < -0.4 is 5.32 Å². The van der Waals surface area contributed by atoms with Crippen molar-refractivity contribution in [1.29, 1.82) is 0 Å². The van der Waals surface area contributed by atoms with E-state index in [2.05, 4.69) is 5.32 Å². The van der Waals surface area contributed by atoms with Gasteiger partial charge in [-0.2, -0.15) is 0 Å². The molecule has 1 aliphatic rings. The van der Waals surface area contributed by atoms with Gasteiger partial charge in [-0.25, -0.2) is 4.39 Å². The van der Waals surface area contributed by atoms with Crippen LogP contribution in [0.2, 0.25) is 0 Å². The Morgan fingerprint density at radius 2 is 2.35 bits per heavy atom. The summed E-state index contributed by atoms with van der Waals surface area (Å²) in [6.45, 7) is 3.74. The summed E-state index contributed by atoms with van der Waals surface area (Å²) >= 11 is 0. The first-order valence-corrected chi connectivity index (χ1v) is 7.03. The van der Waals surface area contributed by atoms with Gasteiger partial charge in [0.25, 0.3) is 5.91 Å². The molecular weight excluding hydrogens is 259 g/mol. The summed E-state index contributed by atoms with van der Waals surface area (Å²) < 4.78 is 19.3. The van der Waals surface area contributed by atoms with Gasteiger partial charge in [0.1, 0.15) is 5.82 Å². The standard InChI is InChI=1S/C15H21FN2O2/c1-3-17-14-12(7-4-8-13(14)16)15(19)18(2)10-11-6-5-9-20-11/h4,7-8,11,17H,3,5-6,9-10H2,1-2H3. The molecule has 1 heterocycles. The predicted octanol–water partition coefficient (Wildman–Crippen LogP) is 2.51. The van der Waals surface area contributed by atoms with Gasteiger partial charge in [0.05, 0.1) is 17.4 Å². The Kier molecular flexibility index (Phi) is 4.95. The summed E-state index contributed by atoms with van der Waals surface area (Å²) in [6.07, 6.45) is 2.11. The SMILES string of the molecule is CCNc1c(F)cccc1C(=O)N(C)CC1CCCO1. The van der Waals surface area contributed by atoms with Crippen molar-refractivity contribution < 1.29 is 13.9 Å². The number of para-hydroxylation sites is 1. The molecule has 0 radical (unpaired) electrons. The largest absolute Gasteiger partial charge is 0.382 e. The minimum absolute atomic E-state index is 0.0973. The number of nitrogens with zero attached hydrogens (tertiary/aromatic N) is 1. The van der Waals surface area contributed by atoms with Gasteiger partial charge in [-0.15, -0.1) is 0 Å². The maximum absolute atomic E-state index is 13.8. The van der Waals surface area contributed by atoms with E-state index in [0.29, 0.717) is 18.7 Å². The summed E-state index contributed by atoms with van der Waals surface area (Å²) in [7, 11) is 1.73. The molecule has 1 atom stereocenters. The van der Waals surface area contributed by atoms with Crippen LogP contribution in [-0.2, 0) is 4.74 Å². The van der Waals surface area contributed by atoms with Crippen molar-refractivity contribution in [3.8, 4) is 0 Å². The molecular formula is C15H21FN2O2. The Labute approximate surface area is 118 Å². The topological polar surface area (TPSA) is 41.6 Å². The molecule has 1 aromatic rings. The quantitative estimate of drug-likeness (QED) is 0.901. The van der Waals surface area contributed by atoms with Crippen molar-refractivity contribution in [2.24, 2.45) is 0 Å². The fourth-order valence-corrected chi connectivity index (χ4v) is 2.44. The molecule has 20 heavy (non-hydrogen) atoms. The number of anilines is 1. The van der Waals surface area contributed by atoms with Crippen LogP contribution in [0.1, 0.15) is 30.1 Å². The molecule has 1 aliphatic heterocycles. The molecule has 1 N–H and O–H groups in total. The number of nitrogens with one attached hydrogen (secondary N) is 1. The van der Waals surface area contributed by atoms with Crippen molar-refractivity contribution in [3.63, 3.8) is 0 Å². The summed E-state index contributed by atoms with van der Waals surface area (Å²) in [5.41, 5.74) is 0.645. The Hall–Kier alpha value is -1.62. The molecule has 110 valence electrons. The Morgan fingerprint density at radius 3 is 3.00 bits per heavy atom. The number of amides is 1. The number of carbonyl (C=O) groups is 1. The van der Waals surface area contributed by atoms with Gasteiger partial charge < -0.3 is 15.0 Å². The maximum atomic E-state index is 13.8. The molecule has 1 aromatic carbocycles. The lowest BCUT2D eigenvalue weighted by Gasteiger charge is -2.22. The smallest absolute Gasteiger partial charge is 0.255 e. The van der Waals surface area contributed by atoms with Crippen LogP contribution >= 0.6 is 0 Å². The lowest BCUT2D eigenvalue weighted by Crippen LogP contribution is -2.34. The van der Waals surface area contributed by atoms with E-state index in [1.165, 1.54) is 6.07 Å². The van der Waals surface area contributed by atoms with Crippen LogP contribution in [0, 0.1) is 5.82 Å². The van der Waals surface area contributed by atoms with E-state index in [1.807, 2.05) is 6.92 Å². The van der Waals surface area contributed by atoms with Crippen LogP contribution in [0.25, 0.3) is 0 Å². The summed E-state index contributed by atoms with van der Waals surface area (Å²) in [5, 5.41) is 2.92. The second-order valence-electron chi connectivity index (χ2n) is 5.01. The Balaban J connectivity index is 2.13. The highest BCUT2D eigenvalue weighted by atomic mass is 19.1. The van der Waals surface area contributed by atoms with E-state index in [4.69, 9.17) is 4.74 Å². The molecule has 1 saturated heterocycles. The molecule has 0 spiro atoms. The van der Waals surface area contributed by atoms with E-state index in [-0.39, 0.29) is 17.7 Å². The first kappa shape index (κ1) is 14.8. The fourth-order valence-electron chi connectivity index (χ4n) is 2.44. The van der Waals surface area contributed by atoms with Crippen molar-refractivity contribution in [2.75, 3.05) is 32.1 Å². The fraction of sp³-hybridized carbons (Fsp3) is 0.533. The average molecular weight is 280 g/mol. The zero-order valence-electron chi connectivity index (χ0n) is 12.0. The summed E-state index contributed by atoms with van der Waals surface area (Å²) in [4.78, 5) is 14.0. The second-order valence-corrected chi connectivity index (χ2v) is 5.01. The number of ether oxygens (including phenoxy) is 1. The molecule has 4 nitrogen and oxygen atoms in total. The van der Waals surface area contributed by atoms with Gasteiger partial charge in [-0.05, 0) is 31.9 Å². The number of carbonyl (C=O) groups excluding carboxylic acids is 1. The van der Waals surface area contributed by atoms with E-state index < -0.39 is 5.82 Å². The number of halogens is 1. The molecule has 0 aliphatic carbocycles. The number of hydrogen-bond donors (Lipinski definition) is 1. The molecule has 1 fully saturated rings. The first-order valence-electron chi connectivity index (χ1n) is 7.03.